The van der Waals surface area contributed by atoms with Crippen molar-refractivity contribution in [3.63, 3.8) is 0 Å². The standard InChI is InChI=1S/C34H42N4O2/c1-2-3-8-19-36-31(23-25-14-16-27-10-4-6-12-29(27)21-25)34(40)38-32(33(39)37-20-9-18-35)24-26-15-17-28-11-5-7-13-30(28)22-26/h4-7,10-17,21-22,31-32,36H,2-3,8-9,18-20,23-24,35H2,1H3,(H,37,39)(H,38,40). The number of benzene rings is 4. The zero-order chi connectivity index (χ0) is 28.2. The first kappa shape index (κ1) is 29.2. The molecule has 0 aliphatic rings. The highest BCUT2D eigenvalue weighted by molar-refractivity contribution is 5.91. The third kappa shape index (κ3) is 8.38. The summed E-state index contributed by atoms with van der Waals surface area (Å²) in [5, 5.41) is 14.1. The molecule has 2 amide bonds. The van der Waals surface area contributed by atoms with Crippen molar-refractivity contribution in [2.75, 3.05) is 19.6 Å². The Morgan fingerprint density at radius 3 is 1.82 bits per heavy atom. The van der Waals surface area contributed by atoms with Crippen molar-refractivity contribution in [2.24, 2.45) is 5.73 Å². The minimum Gasteiger partial charge on any atom is -0.354 e. The van der Waals surface area contributed by atoms with Crippen molar-refractivity contribution < 1.29 is 9.59 Å². The van der Waals surface area contributed by atoms with Crippen molar-refractivity contribution >= 4 is 33.4 Å². The lowest BCUT2D eigenvalue weighted by molar-refractivity contribution is -0.130. The van der Waals surface area contributed by atoms with Crippen molar-refractivity contribution in [1.29, 1.82) is 0 Å². The molecular weight excluding hydrogens is 496 g/mol. The molecule has 0 spiro atoms. The largest absolute Gasteiger partial charge is 0.354 e. The second-order valence-corrected chi connectivity index (χ2v) is 10.5. The quantitative estimate of drug-likeness (QED) is 0.162. The molecule has 40 heavy (non-hydrogen) atoms. The van der Waals surface area contributed by atoms with Gasteiger partial charge in [-0.25, -0.2) is 0 Å². The first-order chi connectivity index (χ1) is 19.6. The molecule has 4 rings (SSSR count). The smallest absolute Gasteiger partial charge is 0.242 e. The SMILES string of the molecule is CCCCCNC(Cc1ccc2ccccc2c1)C(=O)NC(Cc1ccc2ccccc2c1)C(=O)NCCCN. The topological polar surface area (TPSA) is 96.2 Å². The van der Waals surface area contributed by atoms with E-state index in [0.717, 1.165) is 53.1 Å². The summed E-state index contributed by atoms with van der Waals surface area (Å²) in [7, 11) is 0. The monoisotopic (exact) mass is 538 g/mol. The van der Waals surface area contributed by atoms with Crippen LogP contribution in [-0.2, 0) is 22.4 Å². The van der Waals surface area contributed by atoms with Gasteiger partial charge in [-0.05, 0) is 65.0 Å². The van der Waals surface area contributed by atoms with Gasteiger partial charge in [-0.3, -0.25) is 9.59 Å². The average Bonchev–Trinajstić information content (AvgIpc) is 2.98. The maximum Gasteiger partial charge on any atom is 0.242 e. The fourth-order valence-electron chi connectivity index (χ4n) is 5.03. The van der Waals surface area contributed by atoms with Gasteiger partial charge in [0.15, 0.2) is 0 Å². The number of amides is 2. The summed E-state index contributed by atoms with van der Waals surface area (Å²) in [6.45, 7) is 3.89. The molecule has 0 saturated heterocycles. The molecule has 6 nitrogen and oxygen atoms in total. The maximum absolute atomic E-state index is 13.7. The van der Waals surface area contributed by atoms with Crippen LogP contribution in [0, 0.1) is 0 Å². The summed E-state index contributed by atoms with van der Waals surface area (Å²) in [6, 6.07) is 27.8. The second-order valence-electron chi connectivity index (χ2n) is 10.5. The van der Waals surface area contributed by atoms with Crippen LogP contribution in [-0.4, -0.2) is 43.5 Å². The van der Waals surface area contributed by atoms with Crippen molar-refractivity contribution in [1.82, 2.24) is 16.0 Å². The molecule has 0 fully saturated rings. The summed E-state index contributed by atoms with van der Waals surface area (Å²) in [4.78, 5) is 27.0. The Labute approximate surface area is 237 Å². The lowest BCUT2D eigenvalue weighted by atomic mass is 9.99. The first-order valence-corrected chi connectivity index (χ1v) is 14.5. The Morgan fingerprint density at radius 1 is 0.675 bits per heavy atom. The van der Waals surface area contributed by atoms with E-state index >= 15 is 0 Å². The number of hydrogen-bond acceptors (Lipinski definition) is 4. The number of carbonyl (C=O) groups is 2. The number of hydrogen-bond donors (Lipinski definition) is 4. The molecule has 4 aromatic carbocycles. The third-order valence-electron chi connectivity index (χ3n) is 7.31. The van der Waals surface area contributed by atoms with Gasteiger partial charge < -0.3 is 21.7 Å². The van der Waals surface area contributed by atoms with Gasteiger partial charge in [0.2, 0.25) is 11.8 Å². The van der Waals surface area contributed by atoms with Crippen LogP contribution in [0.4, 0.5) is 0 Å². The first-order valence-electron chi connectivity index (χ1n) is 14.5. The van der Waals surface area contributed by atoms with Crippen LogP contribution >= 0.6 is 0 Å². The van der Waals surface area contributed by atoms with Crippen LogP contribution in [0.25, 0.3) is 21.5 Å². The van der Waals surface area contributed by atoms with E-state index in [-0.39, 0.29) is 11.8 Å². The predicted octanol–water partition coefficient (Wildman–Crippen LogP) is 4.88. The van der Waals surface area contributed by atoms with E-state index in [1.54, 1.807) is 0 Å². The second kappa shape index (κ2) is 15.2. The van der Waals surface area contributed by atoms with Gasteiger partial charge in [0.05, 0.1) is 6.04 Å². The Morgan fingerprint density at radius 2 is 1.25 bits per heavy atom. The lowest BCUT2D eigenvalue weighted by Gasteiger charge is -2.24. The number of nitrogens with two attached hydrogens (primary N) is 1. The number of fused-ring (bicyclic) bond motifs is 2. The summed E-state index contributed by atoms with van der Waals surface area (Å²) in [5.74, 6) is -0.352. The van der Waals surface area contributed by atoms with Gasteiger partial charge in [-0.2, -0.15) is 0 Å². The minimum absolute atomic E-state index is 0.163. The van der Waals surface area contributed by atoms with E-state index in [2.05, 4.69) is 77.5 Å². The van der Waals surface area contributed by atoms with Crippen molar-refractivity contribution in [3.8, 4) is 0 Å². The van der Waals surface area contributed by atoms with Gasteiger partial charge >= 0.3 is 0 Å². The molecule has 0 aromatic heterocycles. The van der Waals surface area contributed by atoms with E-state index in [1.165, 1.54) is 5.39 Å². The molecule has 2 atom stereocenters. The molecule has 4 aromatic rings. The zero-order valence-electron chi connectivity index (χ0n) is 23.5. The fourth-order valence-corrected chi connectivity index (χ4v) is 5.03. The molecule has 0 aliphatic carbocycles. The van der Waals surface area contributed by atoms with Gasteiger partial charge in [0.25, 0.3) is 0 Å². The number of rotatable bonds is 15. The Kier molecular flexibility index (Phi) is 11.1. The summed E-state index contributed by atoms with van der Waals surface area (Å²) in [5.41, 5.74) is 7.72. The fraction of sp³-hybridized carbons (Fsp3) is 0.353. The summed E-state index contributed by atoms with van der Waals surface area (Å²) >= 11 is 0. The number of carbonyl (C=O) groups excluding carboxylic acids is 2. The van der Waals surface area contributed by atoms with Crippen LogP contribution in [0.5, 0.6) is 0 Å². The van der Waals surface area contributed by atoms with E-state index in [4.69, 9.17) is 5.73 Å². The zero-order valence-corrected chi connectivity index (χ0v) is 23.5. The van der Waals surface area contributed by atoms with Crippen LogP contribution in [0.15, 0.2) is 84.9 Å². The molecule has 0 bridgehead atoms. The molecule has 0 saturated carbocycles. The molecule has 210 valence electrons. The molecule has 6 heteroatoms. The van der Waals surface area contributed by atoms with Crippen molar-refractivity contribution in [2.45, 2.75) is 57.5 Å². The lowest BCUT2D eigenvalue weighted by Crippen LogP contribution is -2.54. The van der Waals surface area contributed by atoms with Gasteiger partial charge in [-0.1, -0.05) is 105 Å². The average molecular weight is 539 g/mol. The highest BCUT2D eigenvalue weighted by Gasteiger charge is 2.26. The van der Waals surface area contributed by atoms with Crippen LogP contribution in [0.3, 0.4) is 0 Å². The minimum atomic E-state index is -0.692. The Hall–Kier alpha value is -3.74. The number of unbranched alkanes of at least 4 members (excludes halogenated alkanes) is 2. The van der Waals surface area contributed by atoms with Gasteiger partial charge in [0, 0.05) is 13.0 Å². The van der Waals surface area contributed by atoms with E-state index in [1.807, 2.05) is 30.3 Å². The van der Waals surface area contributed by atoms with Crippen LogP contribution in [0.1, 0.15) is 43.7 Å². The maximum atomic E-state index is 13.7. The molecule has 2 unspecified atom stereocenters. The molecular formula is C34H42N4O2. The van der Waals surface area contributed by atoms with Gasteiger partial charge in [0.1, 0.15) is 6.04 Å². The van der Waals surface area contributed by atoms with E-state index in [0.29, 0.717) is 32.4 Å². The molecule has 5 N–H and O–H groups in total. The molecule has 0 aliphatic heterocycles. The highest BCUT2D eigenvalue weighted by atomic mass is 16.2. The van der Waals surface area contributed by atoms with Crippen LogP contribution in [0.2, 0.25) is 0 Å². The Bertz CT molecular complexity index is 1400. The number of nitrogens with one attached hydrogen (secondary N) is 3. The van der Waals surface area contributed by atoms with E-state index < -0.39 is 12.1 Å². The normalized spacial score (nSPS) is 12.8. The molecule has 0 heterocycles. The van der Waals surface area contributed by atoms with Gasteiger partial charge in [-0.15, -0.1) is 0 Å². The highest BCUT2D eigenvalue weighted by Crippen LogP contribution is 2.18. The summed E-state index contributed by atoms with van der Waals surface area (Å²) in [6.07, 6.45) is 4.85. The van der Waals surface area contributed by atoms with Crippen molar-refractivity contribution in [3.05, 3.63) is 96.1 Å². The predicted molar refractivity (Wildman–Crippen MR) is 165 cm³/mol. The summed E-state index contributed by atoms with van der Waals surface area (Å²) < 4.78 is 0. The van der Waals surface area contributed by atoms with Crippen LogP contribution < -0.4 is 21.7 Å². The Balaban J connectivity index is 1.53. The third-order valence-corrected chi connectivity index (χ3v) is 7.31. The van der Waals surface area contributed by atoms with E-state index in [9.17, 15) is 9.59 Å². The molecule has 0 radical (unpaired) electrons.